The van der Waals surface area contributed by atoms with Crippen molar-refractivity contribution in [1.29, 1.82) is 0 Å². The van der Waals surface area contributed by atoms with E-state index in [1.165, 1.54) is 6.08 Å². The molecule has 0 saturated heterocycles. The van der Waals surface area contributed by atoms with Crippen LogP contribution in [0.3, 0.4) is 0 Å². The molecule has 0 amide bonds. The molecule has 0 fully saturated rings. The Morgan fingerprint density at radius 1 is 1.29 bits per heavy atom. The van der Waals surface area contributed by atoms with Crippen molar-refractivity contribution in [1.82, 2.24) is 0 Å². The van der Waals surface area contributed by atoms with Crippen LogP contribution >= 0.6 is 0 Å². The van der Waals surface area contributed by atoms with Gasteiger partial charge in [0.05, 0.1) is 0 Å². The summed E-state index contributed by atoms with van der Waals surface area (Å²) in [6.07, 6.45) is 2.64. The number of carbonyl (C=O) groups excluding carboxylic acids is 1. The molecule has 1 aromatic carbocycles. The summed E-state index contributed by atoms with van der Waals surface area (Å²) >= 11 is 0. The van der Waals surface area contributed by atoms with E-state index in [0.29, 0.717) is 0 Å². The van der Waals surface area contributed by atoms with Crippen molar-refractivity contribution >= 4 is 5.78 Å². The number of para-hydroxylation sites is 1. The molecular formula is C11H10O3. The predicted octanol–water partition coefficient (Wildman–Crippen LogP) is 1.55. The molecule has 1 aliphatic rings. The second-order valence-electron chi connectivity index (χ2n) is 2.94. The minimum atomic E-state index is -0.449. The third-order valence-electron chi connectivity index (χ3n) is 1.82. The maximum Gasteiger partial charge on any atom is 0.220 e. The van der Waals surface area contributed by atoms with Crippen LogP contribution in [0.2, 0.25) is 0 Å². The summed E-state index contributed by atoms with van der Waals surface area (Å²) in [7, 11) is 0. The third-order valence-corrected chi connectivity index (χ3v) is 1.82. The Labute approximate surface area is 81.9 Å². The fraction of sp³-hybridized carbons (Fsp3) is 0.182. The van der Waals surface area contributed by atoms with Crippen LogP contribution in [0.5, 0.6) is 5.75 Å². The van der Waals surface area contributed by atoms with E-state index in [0.717, 1.165) is 5.75 Å². The fourth-order valence-electron chi connectivity index (χ4n) is 1.16. The molecule has 0 radical (unpaired) electrons. The van der Waals surface area contributed by atoms with Gasteiger partial charge in [0.1, 0.15) is 12.4 Å². The van der Waals surface area contributed by atoms with Crippen LogP contribution in [0.25, 0.3) is 0 Å². The largest absolute Gasteiger partial charge is 0.461 e. The fourth-order valence-corrected chi connectivity index (χ4v) is 1.16. The molecule has 0 bridgehead atoms. The second kappa shape index (κ2) is 4.07. The van der Waals surface area contributed by atoms with Crippen LogP contribution in [0.15, 0.2) is 42.5 Å². The zero-order valence-corrected chi connectivity index (χ0v) is 7.55. The average Bonchev–Trinajstić information content (AvgIpc) is 2.23. The molecule has 3 nitrogen and oxygen atoms in total. The highest BCUT2D eigenvalue weighted by Crippen LogP contribution is 2.13. The molecule has 72 valence electrons. The summed E-state index contributed by atoms with van der Waals surface area (Å²) < 4.78 is 10.6. The first-order chi connectivity index (χ1) is 6.84. The molecule has 1 aliphatic heterocycles. The van der Waals surface area contributed by atoms with E-state index in [4.69, 9.17) is 9.47 Å². The Hall–Kier alpha value is -1.61. The third kappa shape index (κ3) is 2.20. The topological polar surface area (TPSA) is 35.5 Å². The molecule has 14 heavy (non-hydrogen) atoms. The molecule has 0 aliphatic carbocycles. The van der Waals surface area contributed by atoms with E-state index < -0.39 is 6.29 Å². The monoisotopic (exact) mass is 190 g/mol. The van der Waals surface area contributed by atoms with Gasteiger partial charge in [-0.2, -0.15) is 0 Å². The first kappa shape index (κ1) is 8.97. The molecule has 2 rings (SSSR count). The van der Waals surface area contributed by atoms with E-state index in [9.17, 15) is 4.79 Å². The first-order valence-corrected chi connectivity index (χ1v) is 4.39. The highest BCUT2D eigenvalue weighted by Gasteiger charge is 2.13. The van der Waals surface area contributed by atoms with Gasteiger partial charge in [0.2, 0.25) is 6.29 Å². The summed E-state index contributed by atoms with van der Waals surface area (Å²) in [6.45, 7) is 0.0913. The van der Waals surface area contributed by atoms with E-state index in [1.807, 2.05) is 30.3 Å². The molecule has 1 unspecified atom stereocenters. The molecule has 3 heteroatoms. The Balaban J connectivity index is 1.99. The van der Waals surface area contributed by atoms with E-state index >= 15 is 0 Å². The van der Waals surface area contributed by atoms with Crippen molar-refractivity contribution in [3.05, 3.63) is 42.5 Å². The molecule has 1 aromatic rings. The Bertz CT molecular complexity index is 343. The molecule has 1 heterocycles. The minimum Gasteiger partial charge on any atom is -0.461 e. The average molecular weight is 190 g/mol. The lowest BCUT2D eigenvalue weighted by Crippen LogP contribution is -2.25. The normalized spacial score (nSPS) is 20.9. The zero-order chi connectivity index (χ0) is 9.80. The lowest BCUT2D eigenvalue weighted by Gasteiger charge is -2.18. The van der Waals surface area contributed by atoms with E-state index in [1.54, 1.807) is 6.08 Å². The number of ether oxygens (including phenoxy) is 2. The Morgan fingerprint density at radius 2 is 2.07 bits per heavy atom. The van der Waals surface area contributed by atoms with E-state index in [-0.39, 0.29) is 12.4 Å². The number of rotatable bonds is 2. The van der Waals surface area contributed by atoms with Crippen molar-refractivity contribution in [2.45, 2.75) is 6.29 Å². The molecule has 0 aromatic heterocycles. The summed E-state index contributed by atoms with van der Waals surface area (Å²) in [6, 6.07) is 9.36. The summed E-state index contributed by atoms with van der Waals surface area (Å²) in [4.78, 5) is 10.8. The number of hydrogen-bond acceptors (Lipinski definition) is 3. The molecule has 1 atom stereocenters. The first-order valence-electron chi connectivity index (χ1n) is 4.39. The van der Waals surface area contributed by atoms with Crippen LogP contribution in [0.1, 0.15) is 0 Å². The van der Waals surface area contributed by atoms with Gasteiger partial charge in [0, 0.05) is 0 Å². The summed E-state index contributed by atoms with van der Waals surface area (Å²) in [5.41, 5.74) is 0. The molecule has 0 N–H and O–H groups in total. The van der Waals surface area contributed by atoms with Gasteiger partial charge >= 0.3 is 0 Å². The highest BCUT2D eigenvalue weighted by molar-refractivity contribution is 5.91. The lowest BCUT2D eigenvalue weighted by atomic mass is 10.3. The number of carbonyl (C=O) groups is 1. The van der Waals surface area contributed by atoms with Crippen LogP contribution in [0, 0.1) is 0 Å². The van der Waals surface area contributed by atoms with Crippen LogP contribution in [0.4, 0.5) is 0 Å². The molecular weight excluding hydrogens is 180 g/mol. The van der Waals surface area contributed by atoms with Crippen molar-refractivity contribution in [2.24, 2.45) is 0 Å². The standard InChI is InChI=1S/C11H10O3/c12-9-6-7-11(13-8-9)14-10-4-2-1-3-5-10/h1-7,11H,8H2. The van der Waals surface area contributed by atoms with Crippen molar-refractivity contribution in [2.75, 3.05) is 6.61 Å². The smallest absolute Gasteiger partial charge is 0.220 e. The zero-order valence-electron chi connectivity index (χ0n) is 7.55. The second-order valence-corrected chi connectivity index (χ2v) is 2.94. The van der Waals surface area contributed by atoms with Crippen molar-refractivity contribution in [3.63, 3.8) is 0 Å². The van der Waals surface area contributed by atoms with Gasteiger partial charge in [-0.15, -0.1) is 0 Å². The van der Waals surface area contributed by atoms with Crippen LogP contribution in [-0.4, -0.2) is 18.7 Å². The van der Waals surface area contributed by atoms with Gasteiger partial charge in [-0.1, -0.05) is 18.2 Å². The van der Waals surface area contributed by atoms with Gasteiger partial charge in [0.25, 0.3) is 0 Å². The van der Waals surface area contributed by atoms with Gasteiger partial charge in [-0.25, -0.2) is 0 Å². The number of ketones is 1. The van der Waals surface area contributed by atoms with Gasteiger partial charge in [-0.3, -0.25) is 4.79 Å². The van der Waals surface area contributed by atoms with Crippen molar-refractivity contribution < 1.29 is 14.3 Å². The van der Waals surface area contributed by atoms with Gasteiger partial charge in [0.15, 0.2) is 5.78 Å². The molecule has 0 saturated carbocycles. The van der Waals surface area contributed by atoms with Crippen molar-refractivity contribution in [3.8, 4) is 5.75 Å². The van der Waals surface area contributed by atoms with Crippen LogP contribution < -0.4 is 4.74 Å². The van der Waals surface area contributed by atoms with Gasteiger partial charge < -0.3 is 9.47 Å². The maximum absolute atomic E-state index is 10.8. The highest BCUT2D eigenvalue weighted by atomic mass is 16.7. The lowest BCUT2D eigenvalue weighted by molar-refractivity contribution is -0.128. The van der Waals surface area contributed by atoms with Crippen LogP contribution in [-0.2, 0) is 9.53 Å². The summed E-state index contributed by atoms with van der Waals surface area (Å²) in [5, 5.41) is 0. The Morgan fingerprint density at radius 3 is 2.71 bits per heavy atom. The van der Waals surface area contributed by atoms with Gasteiger partial charge in [-0.05, 0) is 24.3 Å². The summed E-state index contributed by atoms with van der Waals surface area (Å²) in [5.74, 6) is 0.703. The number of benzene rings is 1. The number of hydrogen-bond donors (Lipinski definition) is 0. The maximum atomic E-state index is 10.8. The Kier molecular flexibility index (Phi) is 2.60. The molecule has 0 spiro atoms. The SMILES string of the molecule is O=C1C=CC(Oc2ccccc2)OC1. The van der Waals surface area contributed by atoms with E-state index in [2.05, 4.69) is 0 Å². The quantitative estimate of drug-likeness (QED) is 0.709. The predicted molar refractivity (Wildman–Crippen MR) is 51.0 cm³/mol. The minimum absolute atomic E-state index is 0.0297.